The van der Waals surface area contributed by atoms with E-state index in [4.69, 9.17) is 9.15 Å². The molecule has 0 atom stereocenters. The summed E-state index contributed by atoms with van der Waals surface area (Å²) in [6.45, 7) is 3.43. The predicted molar refractivity (Wildman–Crippen MR) is 72.6 cm³/mol. The van der Waals surface area contributed by atoms with Gasteiger partial charge in [0.25, 0.3) is 0 Å². The fraction of sp³-hybridized carbons (Fsp3) is 0.143. The topological polar surface area (TPSA) is 59.8 Å². The van der Waals surface area contributed by atoms with Crippen LogP contribution in [0.4, 0.5) is 5.69 Å². The van der Waals surface area contributed by atoms with Crippen molar-refractivity contribution in [2.75, 3.05) is 19.1 Å². The van der Waals surface area contributed by atoms with Gasteiger partial charge in [0.05, 0.1) is 12.8 Å². The number of nitrogens with zero attached hydrogens (tertiary/aromatic N) is 1. The summed E-state index contributed by atoms with van der Waals surface area (Å²) in [5, 5.41) is 0.622. The van der Waals surface area contributed by atoms with Crippen molar-refractivity contribution in [1.29, 1.82) is 0 Å². The minimum absolute atomic E-state index is 0.310. The molecule has 0 fully saturated rings. The fourth-order valence-corrected chi connectivity index (χ4v) is 1.79. The lowest BCUT2D eigenvalue weighted by atomic mass is 10.2. The van der Waals surface area contributed by atoms with Gasteiger partial charge in [-0.1, -0.05) is 6.58 Å². The van der Waals surface area contributed by atoms with Crippen molar-refractivity contribution in [3.8, 4) is 5.75 Å². The number of rotatable bonds is 3. The van der Waals surface area contributed by atoms with Crippen LogP contribution in [0.3, 0.4) is 0 Å². The van der Waals surface area contributed by atoms with Crippen molar-refractivity contribution in [2.45, 2.75) is 0 Å². The summed E-state index contributed by atoms with van der Waals surface area (Å²) in [6, 6.07) is 6.29. The van der Waals surface area contributed by atoms with E-state index < -0.39 is 5.63 Å². The van der Waals surface area contributed by atoms with Crippen LogP contribution < -0.4 is 15.3 Å². The molecule has 5 nitrogen and oxygen atoms in total. The number of hydrogen-bond donors (Lipinski definition) is 0. The maximum Gasteiger partial charge on any atom is 0.338 e. The van der Waals surface area contributed by atoms with Gasteiger partial charge < -0.3 is 14.1 Å². The molecule has 0 aliphatic heterocycles. The average Bonchev–Trinajstić information content (AvgIpc) is 2.44. The Morgan fingerprint density at radius 3 is 2.79 bits per heavy atom. The van der Waals surface area contributed by atoms with Crippen LogP contribution in [0.25, 0.3) is 11.0 Å². The molecule has 0 saturated heterocycles. The van der Waals surface area contributed by atoms with Crippen LogP contribution in [0.5, 0.6) is 5.75 Å². The van der Waals surface area contributed by atoms with Gasteiger partial charge in [-0.2, -0.15) is 0 Å². The summed E-state index contributed by atoms with van der Waals surface area (Å²) in [4.78, 5) is 24.5. The lowest BCUT2D eigenvalue weighted by Crippen LogP contribution is -2.25. The zero-order valence-corrected chi connectivity index (χ0v) is 10.7. The molecular weight excluding hydrogens is 246 g/mol. The Morgan fingerprint density at radius 2 is 2.16 bits per heavy atom. The number of fused-ring (bicyclic) bond motifs is 1. The first-order chi connectivity index (χ1) is 9.06. The number of carbonyl (C=O) groups excluding carboxylic acids is 1. The third kappa shape index (κ3) is 2.35. The van der Waals surface area contributed by atoms with Gasteiger partial charge >= 0.3 is 5.63 Å². The Hall–Kier alpha value is -2.56. The summed E-state index contributed by atoms with van der Waals surface area (Å²) in [6.07, 6.45) is 1.18. The smallest absolute Gasteiger partial charge is 0.338 e. The maximum atomic E-state index is 11.7. The van der Waals surface area contributed by atoms with Crippen LogP contribution in [-0.2, 0) is 4.79 Å². The summed E-state index contributed by atoms with van der Waals surface area (Å²) in [7, 11) is 3.11. The Morgan fingerprint density at radius 1 is 1.42 bits per heavy atom. The van der Waals surface area contributed by atoms with Crippen LogP contribution in [0, 0.1) is 0 Å². The third-order valence-electron chi connectivity index (χ3n) is 2.79. The van der Waals surface area contributed by atoms with Crippen molar-refractivity contribution in [1.82, 2.24) is 0 Å². The first-order valence-corrected chi connectivity index (χ1v) is 5.59. The second-order valence-electron chi connectivity index (χ2n) is 3.91. The number of hydrogen-bond acceptors (Lipinski definition) is 4. The Kier molecular flexibility index (Phi) is 3.37. The van der Waals surface area contributed by atoms with Crippen LogP contribution >= 0.6 is 0 Å². The normalized spacial score (nSPS) is 10.2. The Balaban J connectivity index is 2.73. The van der Waals surface area contributed by atoms with Gasteiger partial charge in [-0.15, -0.1) is 0 Å². The van der Waals surface area contributed by atoms with Gasteiger partial charge in [0.15, 0.2) is 0 Å². The van der Waals surface area contributed by atoms with Gasteiger partial charge in [0.1, 0.15) is 11.3 Å². The second-order valence-corrected chi connectivity index (χ2v) is 3.91. The predicted octanol–water partition coefficient (Wildman–Crippen LogP) is 1.95. The lowest BCUT2D eigenvalue weighted by molar-refractivity contribution is -0.113. The molecule has 0 aliphatic rings. The van der Waals surface area contributed by atoms with Gasteiger partial charge in [-0.25, -0.2) is 4.79 Å². The highest BCUT2D eigenvalue weighted by molar-refractivity contribution is 6.06. The van der Waals surface area contributed by atoms with E-state index >= 15 is 0 Å². The minimum Gasteiger partial charge on any atom is -0.497 e. The van der Waals surface area contributed by atoms with Crippen molar-refractivity contribution in [3.63, 3.8) is 0 Å². The molecule has 1 aromatic heterocycles. The standard InChI is InChI=1S/C14H13NO4/c1-4-13(16)15(2)11-8-14(17)19-12-6-5-9(18-3)7-10(11)12/h4-8H,1H2,2-3H3. The third-order valence-corrected chi connectivity index (χ3v) is 2.79. The van der Waals surface area contributed by atoms with Gasteiger partial charge in [-0.05, 0) is 24.3 Å². The quantitative estimate of drug-likeness (QED) is 0.624. The number of ether oxygens (including phenoxy) is 1. The number of carbonyl (C=O) groups is 1. The van der Waals surface area contributed by atoms with Crippen LogP contribution in [0.2, 0.25) is 0 Å². The summed E-state index contributed by atoms with van der Waals surface area (Å²) in [5.41, 5.74) is 0.332. The first-order valence-electron chi connectivity index (χ1n) is 5.59. The molecular formula is C14H13NO4. The number of anilines is 1. The van der Waals surface area contributed by atoms with E-state index in [1.807, 2.05) is 0 Å². The van der Waals surface area contributed by atoms with E-state index in [0.29, 0.717) is 22.4 Å². The lowest BCUT2D eigenvalue weighted by Gasteiger charge is -2.16. The maximum absolute atomic E-state index is 11.7. The zero-order chi connectivity index (χ0) is 14.0. The molecule has 0 N–H and O–H groups in total. The molecule has 0 aliphatic carbocycles. The van der Waals surface area contributed by atoms with Crippen molar-refractivity contribution >= 4 is 22.6 Å². The van der Waals surface area contributed by atoms with Crippen LogP contribution in [0.15, 0.2) is 46.1 Å². The van der Waals surface area contributed by atoms with E-state index in [9.17, 15) is 9.59 Å². The molecule has 5 heteroatoms. The van der Waals surface area contributed by atoms with Crippen LogP contribution in [0.1, 0.15) is 0 Å². The molecule has 1 amide bonds. The van der Waals surface area contributed by atoms with E-state index in [2.05, 4.69) is 6.58 Å². The largest absolute Gasteiger partial charge is 0.497 e. The summed E-state index contributed by atoms with van der Waals surface area (Å²) in [5.74, 6) is 0.303. The minimum atomic E-state index is -0.517. The van der Waals surface area contributed by atoms with Gasteiger partial charge in [-0.3, -0.25) is 4.79 Å². The van der Waals surface area contributed by atoms with E-state index in [-0.39, 0.29) is 5.91 Å². The highest BCUT2D eigenvalue weighted by atomic mass is 16.5. The molecule has 2 aromatic rings. The average molecular weight is 259 g/mol. The fourth-order valence-electron chi connectivity index (χ4n) is 1.79. The van der Waals surface area contributed by atoms with Crippen molar-refractivity contribution in [3.05, 3.63) is 47.3 Å². The molecule has 0 spiro atoms. The highest BCUT2D eigenvalue weighted by Gasteiger charge is 2.14. The molecule has 0 unspecified atom stereocenters. The molecule has 0 saturated carbocycles. The molecule has 2 rings (SSSR count). The monoisotopic (exact) mass is 259 g/mol. The number of likely N-dealkylation sites (N-methyl/N-ethyl adjacent to an activating group) is 1. The van der Waals surface area contributed by atoms with Crippen molar-refractivity contribution in [2.24, 2.45) is 0 Å². The van der Waals surface area contributed by atoms with Gasteiger partial charge in [0.2, 0.25) is 5.91 Å². The molecule has 1 aromatic carbocycles. The summed E-state index contributed by atoms with van der Waals surface area (Å²) >= 11 is 0. The molecule has 98 valence electrons. The zero-order valence-electron chi connectivity index (χ0n) is 10.7. The second kappa shape index (κ2) is 4.97. The highest BCUT2D eigenvalue weighted by Crippen LogP contribution is 2.28. The number of amides is 1. The number of benzene rings is 1. The first kappa shape index (κ1) is 12.9. The Labute approximate surface area is 109 Å². The molecule has 19 heavy (non-hydrogen) atoms. The molecule has 1 heterocycles. The molecule has 0 bridgehead atoms. The van der Waals surface area contributed by atoms with Crippen molar-refractivity contribution < 1.29 is 13.9 Å². The van der Waals surface area contributed by atoms with Gasteiger partial charge in [0, 0.05) is 18.5 Å². The van der Waals surface area contributed by atoms with Crippen LogP contribution in [-0.4, -0.2) is 20.1 Å². The summed E-state index contributed by atoms with van der Waals surface area (Å²) < 4.78 is 10.2. The van der Waals surface area contributed by atoms with E-state index in [1.165, 1.54) is 17.0 Å². The SMILES string of the molecule is C=CC(=O)N(C)c1cc(=O)oc2ccc(OC)cc12. The molecule has 0 radical (unpaired) electrons. The van der Waals surface area contributed by atoms with E-state index in [0.717, 1.165) is 0 Å². The number of methoxy groups -OCH3 is 1. The van der Waals surface area contributed by atoms with E-state index in [1.54, 1.807) is 32.4 Å². The Bertz CT molecular complexity index is 702.